The molecule has 0 bridgehead atoms. The molecule has 0 unspecified atom stereocenters. The first kappa shape index (κ1) is 10.3. The lowest BCUT2D eigenvalue weighted by atomic mass is 9.88. The third-order valence-corrected chi connectivity index (χ3v) is 2.28. The molecule has 1 rings (SSSR count). The topological polar surface area (TPSA) is 0 Å². The van der Waals surface area contributed by atoms with E-state index in [0.29, 0.717) is 5.41 Å². The van der Waals surface area contributed by atoms with Crippen molar-refractivity contribution in [2.45, 2.75) is 40.5 Å². The molecule has 0 spiro atoms. The van der Waals surface area contributed by atoms with E-state index < -0.39 is 0 Å². The minimum absolute atomic E-state index is 0.449. The van der Waals surface area contributed by atoms with Gasteiger partial charge >= 0.3 is 0 Å². The molecular weight excluding hydrogens is 156 g/mol. The van der Waals surface area contributed by atoms with Crippen LogP contribution in [-0.2, 0) is 6.42 Å². The zero-order valence-electron chi connectivity index (χ0n) is 9.22. The van der Waals surface area contributed by atoms with Gasteiger partial charge < -0.3 is 0 Å². The van der Waals surface area contributed by atoms with Crippen molar-refractivity contribution in [2.75, 3.05) is 0 Å². The van der Waals surface area contributed by atoms with Gasteiger partial charge in [-0.15, -0.1) is 0 Å². The van der Waals surface area contributed by atoms with Crippen LogP contribution in [0, 0.1) is 12.3 Å². The average molecular weight is 176 g/mol. The number of benzene rings is 1. The molecule has 0 heteroatoms. The second-order valence-electron chi connectivity index (χ2n) is 5.05. The van der Waals surface area contributed by atoms with Gasteiger partial charge in [-0.3, -0.25) is 0 Å². The van der Waals surface area contributed by atoms with Crippen LogP contribution in [0.5, 0.6) is 0 Å². The summed E-state index contributed by atoms with van der Waals surface area (Å²) in [5, 5.41) is 0. The van der Waals surface area contributed by atoms with Crippen molar-refractivity contribution in [1.29, 1.82) is 0 Å². The normalized spacial score (nSPS) is 11.7. The molecule has 0 N–H and O–H groups in total. The van der Waals surface area contributed by atoms with Crippen molar-refractivity contribution in [3.8, 4) is 0 Å². The second kappa shape index (κ2) is 3.95. The highest BCUT2D eigenvalue weighted by atomic mass is 14.1. The number of rotatable bonds is 2. The van der Waals surface area contributed by atoms with Crippen LogP contribution in [0.15, 0.2) is 24.3 Å². The summed E-state index contributed by atoms with van der Waals surface area (Å²) in [4.78, 5) is 0. The highest BCUT2D eigenvalue weighted by Crippen LogP contribution is 2.21. The molecule has 0 aliphatic carbocycles. The smallest absolute Gasteiger partial charge is 0.0274 e. The summed E-state index contributed by atoms with van der Waals surface area (Å²) in [6, 6.07) is 8.86. The van der Waals surface area contributed by atoms with Crippen molar-refractivity contribution in [3.63, 3.8) is 0 Å². The standard InChI is InChI=1S/C13H20/c1-11-5-7-12(8-6-11)9-10-13(2,3)4/h5-8H,9-10H2,1-4H3. The zero-order valence-corrected chi connectivity index (χ0v) is 9.22. The fourth-order valence-electron chi connectivity index (χ4n) is 1.27. The van der Waals surface area contributed by atoms with Gasteiger partial charge in [0.05, 0.1) is 0 Å². The van der Waals surface area contributed by atoms with Gasteiger partial charge in [0.2, 0.25) is 0 Å². The molecule has 0 atom stereocenters. The van der Waals surface area contributed by atoms with Crippen LogP contribution >= 0.6 is 0 Å². The number of hydrogen-bond donors (Lipinski definition) is 0. The Morgan fingerprint density at radius 2 is 1.54 bits per heavy atom. The first-order chi connectivity index (χ1) is 5.97. The van der Waals surface area contributed by atoms with E-state index in [4.69, 9.17) is 0 Å². The first-order valence-electron chi connectivity index (χ1n) is 5.03. The number of aryl methyl sites for hydroxylation is 2. The van der Waals surface area contributed by atoms with E-state index in [1.807, 2.05) is 0 Å². The lowest BCUT2D eigenvalue weighted by Gasteiger charge is -2.17. The predicted molar refractivity (Wildman–Crippen MR) is 59.0 cm³/mol. The van der Waals surface area contributed by atoms with E-state index in [-0.39, 0.29) is 0 Å². The molecule has 0 radical (unpaired) electrons. The third kappa shape index (κ3) is 4.12. The van der Waals surface area contributed by atoms with Crippen molar-refractivity contribution < 1.29 is 0 Å². The van der Waals surface area contributed by atoms with Gasteiger partial charge in [-0.2, -0.15) is 0 Å². The highest BCUT2D eigenvalue weighted by Gasteiger charge is 2.09. The van der Waals surface area contributed by atoms with Crippen LogP contribution in [0.2, 0.25) is 0 Å². The van der Waals surface area contributed by atoms with Crippen molar-refractivity contribution in [3.05, 3.63) is 35.4 Å². The van der Waals surface area contributed by atoms with E-state index >= 15 is 0 Å². The average Bonchev–Trinajstić information content (AvgIpc) is 2.02. The van der Waals surface area contributed by atoms with Gasteiger partial charge in [0.1, 0.15) is 0 Å². The molecule has 0 saturated carbocycles. The summed E-state index contributed by atoms with van der Waals surface area (Å²) in [5.41, 5.74) is 3.25. The Balaban J connectivity index is 2.51. The maximum absolute atomic E-state index is 2.29. The molecule has 13 heavy (non-hydrogen) atoms. The fourth-order valence-corrected chi connectivity index (χ4v) is 1.27. The molecule has 72 valence electrons. The molecule has 1 aromatic rings. The Morgan fingerprint density at radius 1 is 1.00 bits per heavy atom. The summed E-state index contributed by atoms with van der Waals surface area (Å²) in [6.45, 7) is 9.01. The van der Waals surface area contributed by atoms with Crippen LogP contribution in [0.1, 0.15) is 38.3 Å². The van der Waals surface area contributed by atoms with Gasteiger partial charge in [0.15, 0.2) is 0 Å². The van der Waals surface area contributed by atoms with Crippen LogP contribution in [0.25, 0.3) is 0 Å². The molecule has 0 aliphatic rings. The van der Waals surface area contributed by atoms with Crippen LogP contribution < -0.4 is 0 Å². The molecule has 0 nitrogen and oxygen atoms in total. The van der Waals surface area contributed by atoms with E-state index in [1.54, 1.807) is 0 Å². The summed E-state index contributed by atoms with van der Waals surface area (Å²) >= 11 is 0. The van der Waals surface area contributed by atoms with Gasteiger partial charge in [-0.25, -0.2) is 0 Å². The molecule has 0 saturated heterocycles. The van der Waals surface area contributed by atoms with Crippen molar-refractivity contribution >= 4 is 0 Å². The molecular formula is C13H20. The largest absolute Gasteiger partial charge is 0.0602 e. The Morgan fingerprint density at radius 3 is 2.00 bits per heavy atom. The fraction of sp³-hybridized carbons (Fsp3) is 0.538. The quantitative estimate of drug-likeness (QED) is 0.639. The monoisotopic (exact) mass is 176 g/mol. The maximum Gasteiger partial charge on any atom is -0.0274 e. The summed E-state index contributed by atoms with van der Waals surface area (Å²) in [7, 11) is 0. The first-order valence-corrected chi connectivity index (χ1v) is 5.03. The van der Waals surface area contributed by atoms with Gasteiger partial charge in [-0.05, 0) is 30.7 Å². The molecule has 0 fully saturated rings. The van der Waals surface area contributed by atoms with Crippen LogP contribution in [0.4, 0.5) is 0 Å². The zero-order chi connectivity index (χ0) is 9.90. The second-order valence-corrected chi connectivity index (χ2v) is 5.05. The highest BCUT2D eigenvalue weighted by molar-refractivity contribution is 5.21. The van der Waals surface area contributed by atoms with E-state index in [2.05, 4.69) is 52.0 Å². The number of hydrogen-bond acceptors (Lipinski definition) is 0. The Labute approximate surface area is 82.0 Å². The Hall–Kier alpha value is -0.780. The van der Waals surface area contributed by atoms with Crippen LogP contribution in [-0.4, -0.2) is 0 Å². The van der Waals surface area contributed by atoms with Crippen molar-refractivity contribution in [2.24, 2.45) is 5.41 Å². The summed E-state index contributed by atoms with van der Waals surface area (Å²) in [5.74, 6) is 0. The molecule has 0 aromatic heterocycles. The summed E-state index contributed by atoms with van der Waals surface area (Å²) < 4.78 is 0. The minimum atomic E-state index is 0.449. The molecule has 1 aromatic carbocycles. The Bertz CT molecular complexity index is 248. The van der Waals surface area contributed by atoms with E-state index in [1.165, 1.54) is 24.0 Å². The summed E-state index contributed by atoms with van der Waals surface area (Å²) in [6.07, 6.45) is 2.46. The molecule has 0 aliphatic heterocycles. The maximum atomic E-state index is 2.29. The lowest BCUT2D eigenvalue weighted by molar-refractivity contribution is 0.378. The van der Waals surface area contributed by atoms with Crippen molar-refractivity contribution in [1.82, 2.24) is 0 Å². The van der Waals surface area contributed by atoms with Gasteiger partial charge in [0, 0.05) is 0 Å². The third-order valence-electron chi connectivity index (χ3n) is 2.28. The molecule has 0 amide bonds. The van der Waals surface area contributed by atoms with E-state index in [9.17, 15) is 0 Å². The Kier molecular flexibility index (Phi) is 3.13. The lowest BCUT2D eigenvalue weighted by Crippen LogP contribution is -2.06. The van der Waals surface area contributed by atoms with Gasteiger partial charge in [-0.1, -0.05) is 50.6 Å². The predicted octanol–water partition coefficient (Wildman–Crippen LogP) is 3.97. The molecule has 0 heterocycles. The SMILES string of the molecule is Cc1ccc(CCC(C)(C)C)cc1. The van der Waals surface area contributed by atoms with Gasteiger partial charge in [0.25, 0.3) is 0 Å². The van der Waals surface area contributed by atoms with Crippen LogP contribution in [0.3, 0.4) is 0 Å². The minimum Gasteiger partial charge on any atom is -0.0602 e. The van der Waals surface area contributed by atoms with E-state index in [0.717, 1.165) is 0 Å².